The van der Waals surface area contributed by atoms with Crippen molar-refractivity contribution in [2.24, 2.45) is 0 Å². The second-order valence-corrected chi connectivity index (χ2v) is 19.3. The monoisotopic (exact) mass is 769 g/mol. The summed E-state index contributed by atoms with van der Waals surface area (Å²) in [6.07, 6.45) is 0. The van der Waals surface area contributed by atoms with Gasteiger partial charge in [0.1, 0.15) is 17.2 Å². The maximum atomic E-state index is 7.11. The predicted molar refractivity (Wildman–Crippen MR) is 247 cm³/mol. The molecule has 0 aliphatic carbocycles. The van der Waals surface area contributed by atoms with Crippen LogP contribution in [0.25, 0.3) is 49.7 Å². The van der Waals surface area contributed by atoms with Crippen molar-refractivity contribution in [1.82, 2.24) is 4.57 Å². The van der Waals surface area contributed by atoms with Crippen LogP contribution in [0, 0.1) is 0 Å². The van der Waals surface area contributed by atoms with Crippen LogP contribution in [-0.4, -0.2) is 19.6 Å². The molecular weight excluding hydrogens is 733 g/mol. The molecular formula is C54H36BNO2Si. The second-order valence-electron chi connectivity index (χ2n) is 15.5. The predicted octanol–water partition coefficient (Wildman–Crippen LogP) is 9.10. The Morgan fingerprint density at radius 3 is 1.58 bits per heavy atom. The third-order valence-corrected chi connectivity index (χ3v) is 17.2. The summed E-state index contributed by atoms with van der Waals surface area (Å²) in [5.74, 6) is 2.52. The molecule has 3 heterocycles. The zero-order chi connectivity index (χ0) is 38.9. The van der Waals surface area contributed by atoms with Gasteiger partial charge in [-0.3, -0.25) is 0 Å². The Morgan fingerprint density at radius 1 is 0.390 bits per heavy atom. The summed E-state index contributed by atoms with van der Waals surface area (Å²) in [6.45, 7) is -0.353. The Balaban J connectivity index is 1.07. The summed E-state index contributed by atoms with van der Waals surface area (Å²) < 4.78 is 16.6. The number of hydrogen-bond donors (Lipinski definition) is 0. The summed E-state index contributed by atoms with van der Waals surface area (Å²) in [7, 11) is -2.80. The molecule has 0 N–H and O–H groups in total. The Morgan fingerprint density at radius 2 is 0.932 bits per heavy atom. The zero-order valence-corrected chi connectivity index (χ0v) is 33.1. The lowest BCUT2D eigenvalue weighted by molar-refractivity contribution is 0.480. The third kappa shape index (κ3) is 5.08. The highest BCUT2D eigenvalue weighted by Gasteiger charge is 2.45. The summed E-state index contributed by atoms with van der Waals surface area (Å²) in [6, 6.07) is 79.3. The van der Waals surface area contributed by atoms with E-state index in [9.17, 15) is 0 Å². The van der Waals surface area contributed by atoms with Crippen LogP contribution in [-0.2, 0) is 0 Å². The van der Waals surface area contributed by atoms with Crippen molar-refractivity contribution in [2.75, 3.05) is 0 Å². The van der Waals surface area contributed by atoms with Crippen molar-refractivity contribution in [1.29, 1.82) is 0 Å². The number of benzene rings is 9. The number of para-hydroxylation sites is 4. The number of rotatable bonds is 6. The van der Waals surface area contributed by atoms with Gasteiger partial charge in [0.25, 0.3) is 0 Å². The maximum Gasteiger partial charge on any atom is 0.434 e. The van der Waals surface area contributed by atoms with E-state index in [0.717, 1.165) is 56.1 Å². The van der Waals surface area contributed by atoms with Gasteiger partial charge in [-0.1, -0.05) is 176 Å². The average molecular weight is 770 g/mol. The van der Waals surface area contributed by atoms with E-state index in [1.54, 1.807) is 0 Å². The topological polar surface area (TPSA) is 23.4 Å². The highest BCUT2D eigenvalue weighted by molar-refractivity contribution is 7.20. The molecule has 0 saturated heterocycles. The molecule has 0 unspecified atom stereocenters. The summed E-state index contributed by atoms with van der Waals surface area (Å²) in [4.78, 5) is 0. The molecule has 0 radical (unpaired) electrons. The fourth-order valence-electron chi connectivity index (χ4n) is 9.91. The minimum Gasteiger partial charge on any atom is -0.551 e. The average Bonchev–Trinajstić information content (AvgIpc) is 3.64. The molecule has 0 bridgehead atoms. The number of ether oxygens (including phenoxy) is 1. The molecule has 2 aliphatic rings. The van der Waals surface area contributed by atoms with E-state index in [0.29, 0.717) is 0 Å². The lowest BCUT2D eigenvalue weighted by atomic mass is 9.50. The molecule has 0 amide bonds. The van der Waals surface area contributed by atoms with Crippen LogP contribution in [0.5, 0.6) is 17.2 Å². The van der Waals surface area contributed by atoms with Gasteiger partial charge in [-0.25, -0.2) is 0 Å². The smallest absolute Gasteiger partial charge is 0.434 e. The van der Waals surface area contributed by atoms with Gasteiger partial charge in [0.2, 0.25) is 0 Å². The quantitative estimate of drug-likeness (QED) is 0.125. The number of nitrogens with zero attached hydrogens (tertiary/aromatic N) is 1. The second kappa shape index (κ2) is 13.4. The van der Waals surface area contributed by atoms with E-state index in [4.69, 9.17) is 9.39 Å². The summed E-state index contributed by atoms with van der Waals surface area (Å²) in [5.41, 5.74) is 10.0. The van der Waals surface area contributed by atoms with Crippen LogP contribution in [0.15, 0.2) is 218 Å². The number of aromatic nitrogens is 1. The van der Waals surface area contributed by atoms with Gasteiger partial charge in [-0.05, 0) is 74.3 Å². The minimum atomic E-state index is -2.80. The first-order chi connectivity index (χ1) is 29.3. The normalized spacial score (nSPS) is 12.6. The molecule has 276 valence electrons. The Labute approximate surface area is 344 Å². The third-order valence-electron chi connectivity index (χ3n) is 12.4. The molecule has 0 spiro atoms. The fourth-order valence-corrected chi connectivity index (χ4v) is 14.7. The first kappa shape index (κ1) is 33.8. The van der Waals surface area contributed by atoms with Gasteiger partial charge >= 0.3 is 6.92 Å². The molecule has 12 rings (SSSR count). The first-order valence-corrected chi connectivity index (χ1v) is 22.3. The highest BCUT2D eigenvalue weighted by atomic mass is 28.3. The van der Waals surface area contributed by atoms with Crippen LogP contribution < -0.4 is 41.1 Å². The van der Waals surface area contributed by atoms with Gasteiger partial charge in [-0.15, -0.1) is 0 Å². The van der Waals surface area contributed by atoms with Crippen molar-refractivity contribution < 1.29 is 9.39 Å². The fraction of sp³-hybridized carbons (Fsp3) is 0. The standard InChI is InChI=1S/C54H36BNO2Si/c1-4-18-38(19-5-1)59(39-20-6-2-7-21-39,40-22-8-3-9-23-40)41-32-33-52-47(36-41)55-54-46(45-27-13-17-31-51(45)58-55)34-37(35-53(54)57-52)42-24-10-14-28-48(42)56-49-29-15-11-25-43(49)44-26-12-16-30-50(44)56/h1-36H. The van der Waals surface area contributed by atoms with Crippen molar-refractivity contribution in [3.63, 3.8) is 0 Å². The maximum absolute atomic E-state index is 7.11. The zero-order valence-electron chi connectivity index (χ0n) is 32.1. The van der Waals surface area contributed by atoms with E-state index >= 15 is 0 Å². The van der Waals surface area contributed by atoms with Gasteiger partial charge in [0.05, 0.1) is 16.7 Å². The van der Waals surface area contributed by atoms with E-state index < -0.39 is 8.07 Å². The largest absolute Gasteiger partial charge is 0.551 e. The molecule has 2 aliphatic heterocycles. The molecule has 0 atom stereocenters. The van der Waals surface area contributed by atoms with Crippen molar-refractivity contribution in [3.05, 3.63) is 218 Å². The summed E-state index contributed by atoms with van der Waals surface area (Å²) in [5, 5.41) is 7.76. The summed E-state index contributed by atoms with van der Waals surface area (Å²) >= 11 is 0. The van der Waals surface area contributed by atoms with E-state index in [1.165, 1.54) is 42.6 Å². The van der Waals surface area contributed by atoms with Gasteiger partial charge < -0.3 is 14.0 Å². The minimum absolute atomic E-state index is 0.353. The van der Waals surface area contributed by atoms with E-state index in [1.807, 2.05) is 0 Å². The van der Waals surface area contributed by atoms with Crippen LogP contribution in [0.1, 0.15) is 0 Å². The van der Waals surface area contributed by atoms with Gasteiger partial charge in [-0.2, -0.15) is 0 Å². The number of fused-ring (bicyclic) bond motifs is 7. The van der Waals surface area contributed by atoms with Gasteiger partial charge in [0.15, 0.2) is 8.07 Å². The van der Waals surface area contributed by atoms with Crippen LogP contribution in [0.2, 0.25) is 0 Å². The van der Waals surface area contributed by atoms with Crippen LogP contribution in [0.3, 0.4) is 0 Å². The molecule has 0 saturated carbocycles. The first-order valence-electron chi connectivity index (χ1n) is 20.3. The van der Waals surface area contributed by atoms with Crippen molar-refractivity contribution in [3.8, 4) is 45.2 Å². The molecule has 10 aromatic rings. The molecule has 1 aromatic heterocycles. The lowest BCUT2D eigenvalue weighted by Crippen LogP contribution is -2.75. The Hall–Kier alpha value is -7.34. The lowest BCUT2D eigenvalue weighted by Gasteiger charge is -2.37. The van der Waals surface area contributed by atoms with Crippen molar-refractivity contribution in [2.45, 2.75) is 0 Å². The molecule has 3 nitrogen and oxygen atoms in total. The van der Waals surface area contributed by atoms with E-state index in [2.05, 4.69) is 223 Å². The van der Waals surface area contributed by atoms with Crippen LogP contribution >= 0.6 is 0 Å². The molecule has 59 heavy (non-hydrogen) atoms. The SMILES string of the molecule is c1ccc([Si](c2ccccc2)(c2ccccc2)c2ccc3c(c2)B2Oc4ccccc4-c4cc(-c5ccccc5-n5c6ccccc6c6ccccc65)cc(c42)O3)cc1. The van der Waals surface area contributed by atoms with E-state index in [-0.39, 0.29) is 6.92 Å². The van der Waals surface area contributed by atoms with Crippen LogP contribution in [0.4, 0.5) is 0 Å². The highest BCUT2D eigenvalue weighted by Crippen LogP contribution is 2.43. The molecule has 9 aromatic carbocycles. The number of hydrogen-bond acceptors (Lipinski definition) is 2. The van der Waals surface area contributed by atoms with Crippen molar-refractivity contribution >= 4 is 68.5 Å². The molecule has 0 fully saturated rings. The van der Waals surface area contributed by atoms with Gasteiger partial charge in [0, 0.05) is 32.8 Å². The molecule has 5 heteroatoms. The Kier molecular flexibility index (Phi) is 7.65. The Bertz CT molecular complexity index is 3090.